The van der Waals surface area contributed by atoms with Crippen LogP contribution in [0.25, 0.3) is 10.9 Å². The van der Waals surface area contributed by atoms with Crippen LogP contribution in [-0.2, 0) is 16.1 Å². The van der Waals surface area contributed by atoms with Crippen molar-refractivity contribution in [3.05, 3.63) is 35.5 Å². The molecule has 1 aromatic carbocycles. The minimum atomic E-state index is -0.0930. The molecule has 3 N–H and O–H groups in total. The van der Waals surface area contributed by atoms with Crippen molar-refractivity contribution in [1.82, 2.24) is 20.7 Å². The van der Waals surface area contributed by atoms with Gasteiger partial charge in [-0.05, 0) is 32.4 Å². The predicted molar refractivity (Wildman–Crippen MR) is 94.4 cm³/mol. The summed E-state index contributed by atoms with van der Waals surface area (Å²) in [5.41, 5.74) is 10.4. The van der Waals surface area contributed by atoms with Gasteiger partial charge in [0.25, 0.3) is 0 Å². The number of hydrogen-bond donors (Lipinski definition) is 3. The number of fused-ring (bicyclic) bond motifs is 1. The van der Waals surface area contributed by atoms with Crippen molar-refractivity contribution < 1.29 is 9.53 Å². The fourth-order valence-electron chi connectivity index (χ4n) is 3.55. The molecule has 1 aliphatic heterocycles. The van der Waals surface area contributed by atoms with Gasteiger partial charge in [0.05, 0.1) is 12.2 Å². The van der Waals surface area contributed by atoms with E-state index in [0.717, 1.165) is 13.0 Å². The van der Waals surface area contributed by atoms with E-state index in [1.807, 2.05) is 6.92 Å². The topological polar surface area (TPSA) is 67.3 Å². The summed E-state index contributed by atoms with van der Waals surface area (Å²) in [5, 5.41) is 4.25. The lowest BCUT2D eigenvalue weighted by atomic mass is 10.1. The van der Waals surface area contributed by atoms with Crippen molar-refractivity contribution in [3.63, 3.8) is 0 Å². The number of benzene rings is 1. The van der Waals surface area contributed by atoms with E-state index >= 15 is 0 Å². The van der Waals surface area contributed by atoms with Crippen LogP contribution < -0.4 is 16.2 Å². The highest BCUT2D eigenvalue weighted by Gasteiger charge is 2.30. The summed E-state index contributed by atoms with van der Waals surface area (Å²) in [6, 6.07) is 8.66. The molecule has 1 saturated heterocycles. The van der Waals surface area contributed by atoms with Gasteiger partial charge in [0.2, 0.25) is 5.91 Å². The van der Waals surface area contributed by atoms with Crippen molar-refractivity contribution >= 4 is 16.8 Å². The first-order chi connectivity index (χ1) is 11.7. The minimum Gasteiger partial charge on any atom is -0.372 e. The normalized spacial score (nSPS) is 20.6. The first-order valence-electron chi connectivity index (χ1n) is 8.61. The van der Waals surface area contributed by atoms with Crippen molar-refractivity contribution in [1.29, 1.82) is 0 Å². The maximum Gasteiger partial charge on any atom is 0.247 e. The lowest BCUT2D eigenvalue weighted by Crippen LogP contribution is -2.45. The zero-order chi connectivity index (χ0) is 17.1. The van der Waals surface area contributed by atoms with Gasteiger partial charge in [-0.1, -0.05) is 18.2 Å². The number of aromatic nitrogens is 1. The van der Waals surface area contributed by atoms with Crippen LogP contribution in [0.4, 0.5) is 0 Å². The molecule has 24 heavy (non-hydrogen) atoms. The number of hydrazine groups is 1. The predicted octanol–water partition coefficient (Wildman–Crippen LogP) is 1.99. The van der Waals surface area contributed by atoms with Crippen LogP contribution in [0, 0.1) is 6.92 Å². The SMILES string of the molecule is CCOCC(=O)NC1CC(c2c(C)c3ccccc3n2CC)NN1. The molecule has 0 spiro atoms. The second-order valence-corrected chi connectivity index (χ2v) is 6.11. The van der Waals surface area contributed by atoms with E-state index in [-0.39, 0.29) is 24.7 Å². The molecule has 2 heterocycles. The van der Waals surface area contributed by atoms with E-state index in [1.54, 1.807) is 0 Å². The summed E-state index contributed by atoms with van der Waals surface area (Å²) in [4.78, 5) is 11.8. The Balaban J connectivity index is 1.77. The van der Waals surface area contributed by atoms with E-state index in [2.05, 4.69) is 58.8 Å². The number of carbonyl (C=O) groups is 1. The molecule has 3 rings (SSSR count). The number of nitrogens with one attached hydrogen (secondary N) is 3. The monoisotopic (exact) mass is 330 g/mol. The van der Waals surface area contributed by atoms with Gasteiger partial charge >= 0.3 is 0 Å². The average Bonchev–Trinajstić information content (AvgIpc) is 3.15. The quantitative estimate of drug-likeness (QED) is 0.758. The van der Waals surface area contributed by atoms with Gasteiger partial charge in [-0.3, -0.25) is 4.79 Å². The number of carbonyl (C=O) groups excluding carboxylic acids is 1. The summed E-state index contributed by atoms with van der Waals surface area (Å²) >= 11 is 0. The molecule has 1 aliphatic rings. The Labute approximate surface area is 142 Å². The minimum absolute atomic E-state index is 0.0920. The fourth-order valence-corrected chi connectivity index (χ4v) is 3.55. The van der Waals surface area contributed by atoms with E-state index in [4.69, 9.17) is 4.74 Å². The summed E-state index contributed by atoms with van der Waals surface area (Å²) in [6.07, 6.45) is 0.709. The van der Waals surface area contributed by atoms with Crippen LogP contribution in [0.1, 0.15) is 37.6 Å². The highest BCUT2D eigenvalue weighted by Crippen LogP contribution is 2.32. The molecule has 1 fully saturated rings. The van der Waals surface area contributed by atoms with E-state index in [0.29, 0.717) is 6.61 Å². The van der Waals surface area contributed by atoms with Crippen molar-refractivity contribution in [2.45, 2.75) is 45.9 Å². The smallest absolute Gasteiger partial charge is 0.247 e. The number of ether oxygens (including phenoxy) is 1. The van der Waals surface area contributed by atoms with Gasteiger partial charge in [-0.2, -0.15) is 0 Å². The Kier molecular flexibility index (Phi) is 5.18. The lowest BCUT2D eigenvalue weighted by molar-refractivity contribution is -0.126. The Bertz CT molecular complexity index is 725. The molecule has 1 amide bonds. The molecule has 0 aliphatic carbocycles. The molecule has 0 radical (unpaired) electrons. The molecule has 130 valence electrons. The van der Waals surface area contributed by atoms with Crippen molar-refractivity contribution in [3.8, 4) is 0 Å². The van der Waals surface area contributed by atoms with Gasteiger partial charge in [-0.15, -0.1) is 0 Å². The van der Waals surface area contributed by atoms with Crippen LogP contribution in [0.3, 0.4) is 0 Å². The average molecular weight is 330 g/mol. The van der Waals surface area contributed by atoms with Crippen LogP contribution >= 0.6 is 0 Å². The first kappa shape index (κ1) is 17.0. The molecule has 2 aromatic rings. The van der Waals surface area contributed by atoms with Gasteiger partial charge in [0, 0.05) is 36.2 Å². The molecule has 2 atom stereocenters. The van der Waals surface area contributed by atoms with Gasteiger partial charge in [-0.25, -0.2) is 10.9 Å². The van der Waals surface area contributed by atoms with Gasteiger partial charge in [0.15, 0.2) is 0 Å². The Morgan fingerprint density at radius 3 is 2.88 bits per heavy atom. The van der Waals surface area contributed by atoms with E-state index in [1.165, 1.54) is 22.2 Å². The first-order valence-corrected chi connectivity index (χ1v) is 8.61. The van der Waals surface area contributed by atoms with Crippen molar-refractivity contribution in [2.24, 2.45) is 0 Å². The molecule has 6 heteroatoms. The maximum atomic E-state index is 11.8. The highest BCUT2D eigenvalue weighted by molar-refractivity contribution is 5.85. The van der Waals surface area contributed by atoms with Crippen LogP contribution in [0.2, 0.25) is 0 Å². The number of nitrogens with zero attached hydrogens (tertiary/aromatic N) is 1. The van der Waals surface area contributed by atoms with Crippen LogP contribution in [0.5, 0.6) is 0 Å². The number of para-hydroxylation sites is 1. The largest absolute Gasteiger partial charge is 0.372 e. The third kappa shape index (κ3) is 3.17. The Hall–Kier alpha value is -1.89. The molecule has 1 aromatic heterocycles. The maximum absolute atomic E-state index is 11.8. The standard InChI is InChI=1S/C18H26N4O2/c1-4-22-15-9-7-6-8-13(15)12(3)18(22)14-10-16(21-20-14)19-17(23)11-24-5-2/h6-9,14,16,20-21H,4-5,10-11H2,1-3H3,(H,19,23). The summed E-state index contributed by atoms with van der Waals surface area (Å²) in [6.45, 7) is 7.79. The molecule has 0 bridgehead atoms. The number of rotatable bonds is 6. The number of hydrogen-bond acceptors (Lipinski definition) is 4. The Morgan fingerprint density at radius 2 is 2.12 bits per heavy atom. The molecule has 2 unspecified atom stereocenters. The lowest BCUT2D eigenvalue weighted by Gasteiger charge is -2.15. The van der Waals surface area contributed by atoms with Crippen LogP contribution in [-0.4, -0.2) is 29.9 Å². The third-order valence-electron chi connectivity index (χ3n) is 4.60. The third-order valence-corrected chi connectivity index (χ3v) is 4.60. The molecular formula is C18H26N4O2. The van der Waals surface area contributed by atoms with Crippen LogP contribution in [0.15, 0.2) is 24.3 Å². The second-order valence-electron chi connectivity index (χ2n) is 6.11. The summed E-state index contributed by atoms with van der Waals surface area (Å²) < 4.78 is 7.50. The van der Waals surface area contributed by atoms with Gasteiger partial charge in [0.1, 0.15) is 6.61 Å². The Morgan fingerprint density at radius 1 is 1.33 bits per heavy atom. The second kappa shape index (κ2) is 7.34. The highest BCUT2D eigenvalue weighted by atomic mass is 16.5. The summed E-state index contributed by atoms with van der Waals surface area (Å²) in [5.74, 6) is -0.0930. The zero-order valence-corrected chi connectivity index (χ0v) is 14.6. The van der Waals surface area contributed by atoms with E-state index in [9.17, 15) is 4.79 Å². The summed E-state index contributed by atoms with van der Waals surface area (Å²) in [7, 11) is 0. The molecular weight excluding hydrogens is 304 g/mol. The zero-order valence-electron chi connectivity index (χ0n) is 14.6. The van der Waals surface area contributed by atoms with Crippen molar-refractivity contribution in [2.75, 3.05) is 13.2 Å². The number of amides is 1. The van der Waals surface area contributed by atoms with E-state index < -0.39 is 0 Å². The van der Waals surface area contributed by atoms with Gasteiger partial charge < -0.3 is 14.6 Å². The fraction of sp³-hybridized carbons (Fsp3) is 0.500. The number of aryl methyl sites for hydroxylation is 2. The molecule has 6 nitrogen and oxygen atoms in total. The molecule has 0 saturated carbocycles.